The molecule has 31 heavy (non-hydrogen) atoms. The molecule has 5 rings (SSSR count). The smallest absolute Gasteiger partial charge is 0.204 e. The number of nitrogens with zero attached hydrogens (tertiary/aromatic N) is 4. The minimum atomic E-state index is 0.403. The second-order valence-electron chi connectivity index (χ2n) is 7.10. The maximum absolute atomic E-state index is 6.01. The van der Waals surface area contributed by atoms with Crippen molar-refractivity contribution in [3.05, 3.63) is 108 Å². The summed E-state index contributed by atoms with van der Waals surface area (Å²) < 4.78 is 6.01. The Kier molecular flexibility index (Phi) is 4.94. The molecule has 0 spiro atoms. The number of H-pyrrole nitrogens is 1. The molecule has 0 aliphatic carbocycles. The maximum atomic E-state index is 6.01. The molecule has 3 aromatic carbocycles. The molecule has 1 N–H and O–H groups in total. The number of pyridine rings is 1. The number of benzene rings is 3. The van der Waals surface area contributed by atoms with Gasteiger partial charge >= 0.3 is 0 Å². The molecule has 0 aliphatic heterocycles. The van der Waals surface area contributed by atoms with E-state index in [1.54, 1.807) is 0 Å². The first-order valence-electron chi connectivity index (χ1n) is 9.87. The lowest BCUT2D eigenvalue weighted by Gasteiger charge is -2.11. The van der Waals surface area contributed by atoms with E-state index in [0.717, 1.165) is 44.6 Å². The van der Waals surface area contributed by atoms with Crippen molar-refractivity contribution in [2.45, 2.75) is 6.61 Å². The SMILES string of the molecule is C=C(c1ccc(-c2nn[nH]n2)cc1)c1cccc(OCc2ccc3ccccc3n2)c1. The Labute approximate surface area is 179 Å². The first-order chi connectivity index (χ1) is 15.3. The highest BCUT2D eigenvalue weighted by atomic mass is 16.5. The fraction of sp³-hybridized carbons (Fsp3) is 0.0400. The summed E-state index contributed by atoms with van der Waals surface area (Å²) in [4.78, 5) is 4.67. The van der Waals surface area contributed by atoms with Gasteiger partial charge in [-0.15, -0.1) is 10.2 Å². The molecule has 150 valence electrons. The molecule has 2 aromatic heterocycles. The fourth-order valence-corrected chi connectivity index (χ4v) is 3.39. The predicted octanol–water partition coefficient (Wildman–Crippen LogP) is 5.06. The fourth-order valence-electron chi connectivity index (χ4n) is 3.39. The Hall–Kier alpha value is -4.32. The highest BCUT2D eigenvalue weighted by Gasteiger charge is 2.07. The van der Waals surface area contributed by atoms with Gasteiger partial charge in [0.2, 0.25) is 5.82 Å². The second kappa shape index (κ2) is 8.20. The van der Waals surface area contributed by atoms with E-state index >= 15 is 0 Å². The maximum Gasteiger partial charge on any atom is 0.204 e. The van der Waals surface area contributed by atoms with Crippen LogP contribution in [0.3, 0.4) is 0 Å². The van der Waals surface area contributed by atoms with Gasteiger partial charge in [-0.05, 0) is 46.2 Å². The largest absolute Gasteiger partial charge is 0.487 e. The molecule has 0 atom stereocenters. The van der Waals surface area contributed by atoms with Crippen LogP contribution in [0.4, 0.5) is 0 Å². The number of aromatic amines is 1. The topological polar surface area (TPSA) is 76.6 Å². The van der Waals surface area contributed by atoms with E-state index in [2.05, 4.69) is 44.3 Å². The van der Waals surface area contributed by atoms with Crippen LogP contribution in [0.15, 0.2) is 91.5 Å². The monoisotopic (exact) mass is 405 g/mol. The van der Waals surface area contributed by atoms with E-state index in [0.29, 0.717) is 12.4 Å². The minimum Gasteiger partial charge on any atom is -0.487 e. The summed E-state index contributed by atoms with van der Waals surface area (Å²) in [6.07, 6.45) is 0. The van der Waals surface area contributed by atoms with Gasteiger partial charge in [0.25, 0.3) is 0 Å². The van der Waals surface area contributed by atoms with E-state index in [1.165, 1.54) is 0 Å². The standard InChI is InChI=1S/C25H19N5O/c1-17(18-9-11-20(12-10-18)25-27-29-30-28-25)21-6-4-7-23(15-21)31-16-22-14-13-19-5-2-3-8-24(19)26-22/h2-15H,1,16H2,(H,27,28,29,30). The molecule has 0 radical (unpaired) electrons. The van der Waals surface area contributed by atoms with Crippen molar-refractivity contribution in [3.8, 4) is 17.1 Å². The van der Waals surface area contributed by atoms with E-state index in [4.69, 9.17) is 4.74 Å². The van der Waals surface area contributed by atoms with Crippen molar-refractivity contribution in [1.29, 1.82) is 0 Å². The Bertz CT molecular complexity index is 1340. The highest BCUT2D eigenvalue weighted by Crippen LogP contribution is 2.27. The lowest BCUT2D eigenvalue weighted by atomic mass is 9.98. The first-order valence-corrected chi connectivity index (χ1v) is 9.87. The van der Waals surface area contributed by atoms with E-state index in [-0.39, 0.29) is 0 Å². The van der Waals surface area contributed by atoms with Crippen molar-refractivity contribution in [2.75, 3.05) is 0 Å². The van der Waals surface area contributed by atoms with Crippen molar-refractivity contribution in [1.82, 2.24) is 25.6 Å². The van der Waals surface area contributed by atoms with Crippen LogP contribution in [-0.2, 0) is 6.61 Å². The zero-order valence-corrected chi connectivity index (χ0v) is 16.7. The highest BCUT2D eigenvalue weighted by molar-refractivity contribution is 5.80. The third kappa shape index (κ3) is 4.04. The number of aromatic nitrogens is 5. The van der Waals surface area contributed by atoms with E-state index in [9.17, 15) is 0 Å². The number of hydrogen-bond donors (Lipinski definition) is 1. The number of fused-ring (bicyclic) bond motifs is 1. The molecule has 0 aliphatic rings. The van der Waals surface area contributed by atoms with E-state index < -0.39 is 0 Å². The molecule has 0 bridgehead atoms. The third-order valence-corrected chi connectivity index (χ3v) is 5.06. The number of tetrazole rings is 1. The first kappa shape index (κ1) is 18.7. The molecule has 0 amide bonds. The van der Waals surface area contributed by atoms with Gasteiger partial charge in [0.15, 0.2) is 0 Å². The minimum absolute atomic E-state index is 0.403. The van der Waals surface area contributed by atoms with Crippen molar-refractivity contribution >= 4 is 16.5 Å². The van der Waals surface area contributed by atoms with Gasteiger partial charge in [0, 0.05) is 10.9 Å². The van der Waals surface area contributed by atoms with Gasteiger partial charge in [-0.3, -0.25) is 0 Å². The Morgan fingerprint density at radius 1 is 0.871 bits per heavy atom. The lowest BCUT2D eigenvalue weighted by Crippen LogP contribution is -1.99. The summed E-state index contributed by atoms with van der Waals surface area (Å²) in [5.74, 6) is 1.34. The van der Waals surface area contributed by atoms with Crippen LogP contribution in [-0.4, -0.2) is 25.6 Å². The van der Waals surface area contributed by atoms with Crippen LogP contribution < -0.4 is 4.74 Å². The summed E-state index contributed by atoms with van der Waals surface area (Å²) in [5, 5.41) is 15.2. The number of para-hydroxylation sites is 1. The number of hydrogen-bond acceptors (Lipinski definition) is 5. The van der Waals surface area contributed by atoms with Gasteiger partial charge in [-0.2, -0.15) is 5.21 Å². The molecular formula is C25H19N5O. The van der Waals surface area contributed by atoms with Crippen LogP contribution in [0, 0.1) is 0 Å². The summed E-state index contributed by atoms with van der Waals surface area (Å²) in [7, 11) is 0. The van der Waals surface area contributed by atoms with Crippen LogP contribution in [0.5, 0.6) is 5.75 Å². The zero-order chi connectivity index (χ0) is 21.0. The second-order valence-corrected chi connectivity index (χ2v) is 7.10. The summed E-state index contributed by atoms with van der Waals surface area (Å²) >= 11 is 0. The van der Waals surface area contributed by atoms with Gasteiger partial charge < -0.3 is 4.74 Å². The van der Waals surface area contributed by atoms with Gasteiger partial charge in [0.05, 0.1) is 11.2 Å². The Morgan fingerprint density at radius 2 is 1.74 bits per heavy atom. The molecule has 6 heteroatoms. The predicted molar refractivity (Wildman–Crippen MR) is 120 cm³/mol. The molecule has 2 heterocycles. The molecule has 5 aromatic rings. The van der Waals surface area contributed by atoms with E-state index in [1.807, 2.05) is 72.8 Å². The summed E-state index contributed by atoms with van der Waals surface area (Å²) in [5.41, 5.74) is 5.67. The molecule has 0 saturated carbocycles. The number of ether oxygens (including phenoxy) is 1. The molecular weight excluding hydrogens is 386 g/mol. The van der Waals surface area contributed by atoms with Crippen molar-refractivity contribution < 1.29 is 4.74 Å². The molecule has 0 fully saturated rings. The third-order valence-electron chi connectivity index (χ3n) is 5.06. The summed E-state index contributed by atoms with van der Waals surface area (Å²) in [6.45, 7) is 4.67. The average Bonchev–Trinajstić information content (AvgIpc) is 3.37. The van der Waals surface area contributed by atoms with Crippen molar-refractivity contribution in [3.63, 3.8) is 0 Å². The summed E-state index contributed by atoms with van der Waals surface area (Å²) in [6, 6.07) is 28.0. The molecule has 0 saturated heterocycles. The normalized spacial score (nSPS) is 10.8. The Morgan fingerprint density at radius 3 is 2.58 bits per heavy atom. The van der Waals surface area contributed by atoms with Gasteiger partial charge in [-0.1, -0.05) is 67.2 Å². The molecule has 0 unspecified atom stereocenters. The number of rotatable bonds is 6. The number of nitrogens with one attached hydrogen (secondary N) is 1. The Balaban J connectivity index is 1.30. The van der Waals surface area contributed by atoms with Gasteiger partial charge in [0.1, 0.15) is 12.4 Å². The molecule has 6 nitrogen and oxygen atoms in total. The van der Waals surface area contributed by atoms with Crippen LogP contribution in [0.1, 0.15) is 16.8 Å². The quantitative estimate of drug-likeness (QED) is 0.427. The van der Waals surface area contributed by atoms with Gasteiger partial charge in [-0.25, -0.2) is 4.98 Å². The van der Waals surface area contributed by atoms with Crippen LogP contribution >= 0.6 is 0 Å². The average molecular weight is 405 g/mol. The van der Waals surface area contributed by atoms with Crippen molar-refractivity contribution in [2.24, 2.45) is 0 Å². The zero-order valence-electron chi connectivity index (χ0n) is 16.7. The van der Waals surface area contributed by atoms with Crippen LogP contribution in [0.2, 0.25) is 0 Å². The van der Waals surface area contributed by atoms with Crippen LogP contribution in [0.25, 0.3) is 27.9 Å². The lowest BCUT2D eigenvalue weighted by molar-refractivity contribution is 0.301.